The molecule has 0 amide bonds. The van der Waals surface area contributed by atoms with Crippen LogP contribution in [0.5, 0.6) is 0 Å². The van der Waals surface area contributed by atoms with Crippen molar-refractivity contribution in [1.29, 1.82) is 0 Å². The molecule has 0 radical (unpaired) electrons. The first-order chi connectivity index (χ1) is 27.3. The first kappa shape index (κ1) is 31.3. The van der Waals surface area contributed by atoms with Crippen molar-refractivity contribution in [2.45, 2.75) is 0 Å². The summed E-state index contributed by atoms with van der Waals surface area (Å²) in [5, 5.41) is 9.99. The van der Waals surface area contributed by atoms with Gasteiger partial charge in [-0.1, -0.05) is 176 Å². The van der Waals surface area contributed by atoms with Crippen molar-refractivity contribution in [1.82, 2.24) is 9.55 Å². The van der Waals surface area contributed by atoms with Crippen LogP contribution in [0.4, 0.5) is 0 Å². The van der Waals surface area contributed by atoms with Gasteiger partial charge in [-0.05, 0) is 107 Å². The average molecular weight is 699 g/mol. The molecule has 256 valence electrons. The van der Waals surface area contributed by atoms with Crippen LogP contribution in [0.15, 0.2) is 206 Å². The number of imidazole rings is 1. The van der Waals surface area contributed by atoms with Gasteiger partial charge < -0.3 is 0 Å². The summed E-state index contributed by atoms with van der Waals surface area (Å²) in [5.41, 5.74) is 11.6. The number of nitrogens with zero attached hydrogens (tertiary/aromatic N) is 2. The minimum absolute atomic E-state index is 0.932. The van der Waals surface area contributed by atoms with Gasteiger partial charge in [0.1, 0.15) is 5.82 Å². The molecule has 0 unspecified atom stereocenters. The molecule has 0 aliphatic heterocycles. The Morgan fingerprint density at radius 1 is 0.327 bits per heavy atom. The third-order valence-electron chi connectivity index (χ3n) is 11.2. The van der Waals surface area contributed by atoms with E-state index in [-0.39, 0.29) is 0 Å². The van der Waals surface area contributed by atoms with Gasteiger partial charge in [0.05, 0.1) is 11.0 Å². The predicted octanol–water partition coefficient (Wildman–Crippen LogP) is 14.3. The van der Waals surface area contributed by atoms with Gasteiger partial charge in [0.25, 0.3) is 0 Å². The highest BCUT2D eigenvalue weighted by atomic mass is 15.1. The normalized spacial score (nSPS) is 11.6. The van der Waals surface area contributed by atoms with Gasteiger partial charge in [-0.2, -0.15) is 0 Å². The summed E-state index contributed by atoms with van der Waals surface area (Å²) in [6, 6.07) is 74.7. The molecule has 0 aliphatic rings. The van der Waals surface area contributed by atoms with Crippen molar-refractivity contribution >= 4 is 54.1 Å². The first-order valence-corrected chi connectivity index (χ1v) is 18.9. The molecule has 0 spiro atoms. The van der Waals surface area contributed by atoms with Crippen molar-refractivity contribution < 1.29 is 0 Å². The van der Waals surface area contributed by atoms with Crippen molar-refractivity contribution in [2.75, 3.05) is 0 Å². The molecule has 0 aliphatic carbocycles. The van der Waals surface area contributed by atoms with Crippen molar-refractivity contribution in [2.24, 2.45) is 0 Å². The largest absolute Gasteiger partial charge is 0.292 e. The number of hydrogen-bond donors (Lipinski definition) is 0. The van der Waals surface area contributed by atoms with E-state index < -0.39 is 0 Å². The molecule has 2 heteroatoms. The molecule has 10 aromatic carbocycles. The summed E-state index contributed by atoms with van der Waals surface area (Å²) >= 11 is 0. The molecule has 0 bridgehead atoms. The zero-order chi connectivity index (χ0) is 36.3. The van der Waals surface area contributed by atoms with E-state index in [9.17, 15) is 0 Å². The van der Waals surface area contributed by atoms with Gasteiger partial charge in [-0.3, -0.25) is 4.57 Å². The summed E-state index contributed by atoms with van der Waals surface area (Å²) in [6.07, 6.45) is 0. The zero-order valence-electron chi connectivity index (χ0n) is 30.0. The predicted molar refractivity (Wildman–Crippen MR) is 233 cm³/mol. The Labute approximate surface area is 319 Å². The Bertz CT molecular complexity index is 3230. The van der Waals surface area contributed by atoms with Gasteiger partial charge in [0.15, 0.2) is 0 Å². The highest BCUT2D eigenvalue weighted by molar-refractivity contribution is 6.25. The van der Waals surface area contributed by atoms with E-state index in [1.54, 1.807) is 0 Å². The molecule has 1 aromatic heterocycles. The number of hydrogen-bond acceptors (Lipinski definition) is 1. The summed E-state index contributed by atoms with van der Waals surface area (Å²) < 4.78 is 2.26. The van der Waals surface area contributed by atoms with Crippen molar-refractivity contribution in [3.63, 3.8) is 0 Å². The minimum Gasteiger partial charge on any atom is -0.292 e. The Balaban J connectivity index is 1.15. The maximum atomic E-state index is 5.12. The van der Waals surface area contributed by atoms with Crippen molar-refractivity contribution in [3.05, 3.63) is 206 Å². The van der Waals surface area contributed by atoms with Gasteiger partial charge in [0.2, 0.25) is 0 Å². The molecule has 2 nitrogen and oxygen atoms in total. The average Bonchev–Trinajstić information content (AvgIpc) is 3.65. The first-order valence-electron chi connectivity index (χ1n) is 18.9. The third-order valence-corrected chi connectivity index (χ3v) is 11.2. The number of rotatable bonds is 5. The lowest BCUT2D eigenvalue weighted by Crippen LogP contribution is -1.97. The number of aromatic nitrogens is 2. The van der Waals surface area contributed by atoms with E-state index >= 15 is 0 Å². The van der Waals surface area contributed by atoms with Gasteiger partial charge in [-0.25, -0.2) is 4.98 Å². The SMILES string of the molecule is c1ccc(-n2c(-c3ccc(-c4ccc5c(-c6cccc7ccccc67)c6ccccc6c(-c6cccc7ccccc67)c5c4)cc3)nc3ccccc32)cc1. The fourth-order valence-corrected chi connectivity index (χ4v) is 8.69. The quantitative estimate of drug-likeness (QED) is 0.164. The lowest BCUT2D eigenvalue weighted by atomic mass is 9.83. The molecule has 0 atom stereocenters. The topological polar surface area (TPSA) is 17.8 Å². The smallest absolute Gasteiger partial charge is 0.145 e. The molecule has 0 saturated heterocycles. The van der Waals surface area contributed by atoms with Crippen LogP contribution >= 0.6 is 0 Å². The van der Waals surface area contributed by atoms with Gasteiger partial charge in [0, 0.05) is 11.3 Å². The van der Waals surface area contributed by atoms with Crippen LogP contribution in [0.3, 0.4) is 0 Å². The second-order valence-electron chi connectivity index (χ2n) is 14.3. The summed E-state index contributed by atoms with van der Waals surface area (Å²) in [4.78, 5) is 5.12. The van der Waals surface area contributed by atoms with Crippen LogP contribution in [-0.2, 0) is 0 Å². The molecule has 0 fully saturated rings. The fourth-order valence-electron chi connectivity index (χ4n) is 8.69. The van der Waals surface area contributed by atoms with E-state index in [0.717, 1.165) is 33.7 Å². The van der Waals surface area contributed by atoms with E-state index in [1.165, 1.54) is 70.9 Å². The van der Waals surface area contributed by atoms with Crippen LogP contribution in [0.25, 0.3) is 105 Å². The molecule has 0 N–H and O–H groups in total. The lowest BCUT2D eigenvalue weighted by Gasteiger charge is -2.20. The molecular formula is C53H34N2. The lowest BCUT2D eigenvalue weighted by molar-refractivity contribution is 1.10. The number of benzene rings is 10. The Hall–Kier alpha value is -7.29. The summed E-state index contributed by atoms with van der Waals surface area (Å²) in [6.45, 7) is 0. The van der Waals surface area contributed by atoms with E-state index in [2.05, 4.69) is 211 Å². The minimum atomic E-state index is 0.932. The van der Waals surface area contributed by atoms with Gasteiger partial charge in [-0.15, -0.1) is 0 Å². The molecule has 0 saturated carbocycles. The number of fused-ring (bicyclic) bond motifs is 5. The Morgan fingerprint density at radius 3 is 1.49 bits per heavy atom. The van der Waals surface area contributed by atoms with Crippen molar-refractivity contribution in [3.8, 4) is 50.5 Å². The third kappa shape index (κ3) is 5.07. The van der Waals surface area contributed by atoms with Crippen LogP contribution in [-0.4, -0.2) is 9.55 Å². The molecule has 11 aromatic rings. The second kappa shape index (κ2) is 12.7. The maximum absolute atomic E-state index is 5.12. The van der Waals surface area contributed by atoms with Gasteiger partial charge >= 0.3 is 0 Å². The molecule has 1 heterocycles. The molecule has 55 heavy (non-hydrogen) atoms. The van der Waals surface area contributed by atoms with Crippen LogP contribution in [0.1, 0.15) is 0 Å². The monoisotopic (exact) mass is 698 g/mol. The fraction of sp³-hybridized carbons (Fsp3) is 0. The van der Waals surface area contributed by atoms with Crippen LogP contribution in [0, 0.1) is 0 Å². The van der Waals surface area contributed by atoms with E-state index in [4.69, 9.17) is 4.98 Å². The molecular weight excluding hydrogens is 665 g/mol. The second-order valence-corrected chi connectivity index (χ2v) is 14.3. The summed E-state index contributed by atoms with van der Waals surface area (Å²) in [5.74, 6) is 0.932. The van der Waals surface area contributed by atoms with Crippen LogP contribution in [0.2, 0.25) is 0 Å². The van der Waals surface area contributed by atoms with E-state index in [1.807, 2.05) is 0 Å². The number of para-hydroxylation sites is 3. The highest BCUT2D eigenvalue weighted by Gasteiger charge is 2.20. The Morgan fingerprint density at radius 2 is 0.818 bits per heavy atom. The zero-order valence-corrected chi connectivity index (χ0v) is 30.0. The standard InChI is InChI=1S/C53H34N2/c1-2-18-40(19-3-1)55-50-27-11-10-26-49(50)54-53(55)38-30-28-35(29-31-38)39-32-33-47-48(34-39)52(44-25-13-17-37-15-5-7-21-42(37)44)46-23-9-8-22-45(46)51(47)43-24-12-16-36-14-4-6-20-41(36)43/h1-34H. The Kier molecular flexibility index (Phi) is 7.21. The van der Waals surface area contributed by atoms with E-state index in [0.29, 0.717) is 0 Å². The van der Waals surface area contributed by atoms with Crippen LogP contribution < -0.4 is 0 Å². The maximum Gasteiger partial charge on any atom is 0.145 e. The summed E-state index contributed by atoms with van der Waals surface area (Å²) in [7, 11) is 0. The molecule has 11 rings (SSSR count). The highest BCUT2D eigenvalue weighted by Crippen LogP contribution is 2.47.